The minimum absolute atomic E-state index is 0.198. The molecule has 1 aromatic rings. The van der Waals surface area contributed by atoms with Crippen LogP contribution >= 0.6 is 0 Å². The lowest BCUT2D eigenvalue weighted by Crippen LogP contribution is -2.21. The van der Waals surface area contributed by atoms with E-state index in [4.69, 9.17) is 0 Å². The second-order valence-electron chi connectivity index (χ2n) is 2.53. The van der Waals surface area contributed by atoms with Gasteiger partial charge in [-0.3, -0.25) is 4.79 Å². The highest BCUT2D eigenvalue weighted by atomic mass is 19.4. The topological polar surface area (TPSA) is 42.2 Å². The molecule has 1 amide bonds. The largest absolute Gasteiger partial charge is 0.456 e. The van der Waals surface area contributed by atoms with E-state index in [1.165, 1.54) is 7.05 Å². The van der Waals surface area contributed by atoms with E-state index in [1.807, 2.05) is 0 Å². The minimum Gasteiger partial charge on any atom is -0.456 e. The Hall–Kier alpha value is -1.46. The van der Waals surface area contributed by atoms with Crippen LogP contribution in [-0.2, 0) is 6.18 Å². The SMILES string of the molecule is [CH2]c1cc(C(=O)NC)c(C(F)(F)F)o1. The van der Waals surface area contributed by atoms with Gasteiger partial charge in [-0.05, 0) is 6.07 Å². The quantitative estimate of drug-likeness (QED) is 0.761. The first kappa shape index (κ1) is 10.6. The van der Waals surface area contributed by atoms with Crippen molar-refractivity contribution in [1.29, 1.82) is 0 Å². The summed E-state index contributed by atoms with van der Waals surface area (Å²) < 4.78 is 41.1. The number of furan rings is 1. The van der Waals surface area contributed by atoms with Crippen LogP contribution in [0.4, 0.5) is 13.2 Å². The molecule has 0 aromatic carbocycles. The maximum atomic E-state index is 12.3. The molecule has 0 spiro atoms. The maximum Gasteiger partial charge on any atom is 0.450 e. The maximum absolute atomic E-state index is 12.3. The van der Waals surface area contributed by atoms with Gasteiger partial charge in [0.15, 0.2) is 0 Å². The molecule has 0 unspecified atom stereocenters. The van der Waals surface area contributed by atoms with Crippen molar-refractivity contribution < 1.29 is 22.4 Å². The molecule has 1 heterocycles. The molecule has 0 bridgehead atoms. The Morgan fingerprint density at radius 2 is 2.14 bits per heavy atom. The summed E-state index contributed by atoms with van der Waals surface area (Å²) in [6, 6.07) is 0.946. The minimum atomic E-state index is -4.68. The molecule has 6 heteroatoms. The number of hydrogen-bond donors (Lipinski definition) is 1. The van der Waals surface area contributed by atoms with Crippen LogP contribution in [-0.4, -0.2) is 13.0 Å². The molecule has 3 nitrogen and oxygen atoms in total. The molecule has 0 atom stereocenters. The lowest BCUT2D eigenvalue weighted by Gasteiger charge is -2.04. The summed E-state index contributed by atoms with van der Waals surface area (Å²) >= 11 is 0. The van der Waals surface area contributed by atoms with E-state index >= 15 is 0 Å². The van der Waals surface area contributed by atoms with Crippen molar-refractivity contribution in [2.75, 3.05) is 7.05 Å². The normalized spacial score (nSPS) is 11.5. The molecular weight excluding hydrogens is 199 g/mol. The van der Waals surface area contributed by atoms with Crippen LogP contribution in [0.1, 0.15) is 21.9 Å². The number of alkyl halides is 3. The second kappa shape index (κ2) is 3.36. The molecule has 14 heavy (non-hydrogen) atoms. The van der Waals surface area contributed by atoms with E-state index in [1.54, 1.807) is 0 Å². The number of nitrogens with one attached hydrogen (secondary N) is 1. The molecule has 1 rings (SSSR count). The zero-order chi connectivity index (χ0) is 10.9. The van der Waals surface area contributed by atoms with Crippen LogP contribution < -0.4 is 5.32 Å². The molecule has 1 N–H and O–H groups in total. The third-order valence-electron chi connectivity index (χ3n) is 1.51. The molecule has 0 aliphatic heterocycles. The van der Waals surface area contributed by atoms with Crippen molar-refractivity contribution in [1.82, 2.24) is 5.32 Å². The zero-order valence-electron chi connectivity index (χ0n) is 7.23. The van der Waals surface area contributed by atoms with Gasteiger partial charge in [-0.2, -0.15) is 13.2 Å². The lowest BCUT2D eigenvalue weighted by molar-refractivity contribution is -0.153. The Morgan fingerprint density at radius 3 is 2.57 bits per heavy atom. The molecule has 1 aromatic heterocycles. The van der Waals surface area contributed by atoms with Gasteiger partial charge in [0.2, 0.25) is 5.76 Å². The van der Waals surface area contributed by atoms with Crippen molar-refractivity contribution in [2.24, 2.45) is 0 Å². The van der Waals surface area contributed by atoms with Gasteiger partial charge in [0, 0.05) is 14.0 Å². The predicted octanol–water partition coefficient (Wildman–Crippen LogP) is 1.84. The van der Waals surface area contributed by atoms with E-state index in [2.05, 4.69) is 16.7 Å². The van der Waals surface area contributed by atoms with Gasteiger partial charge in [-0.25, -0.2) is 0 Å². The first-order valence-electron chi connectivity index (χ1n) is 3.61. The summed E-state index contributed by atoms with van der Waals surface area (Å²) in [5.41, 5.74) is -0.551. The summed E-state index contributed by atoms with van der Waals surface area (Å²) in [5.74, 6) is -2.37. The van der Waals surface area contributed by atoms with Gasteiger partial charge in [0.25, 0.3) is 5.91 Å². The Kier molecular flexibility index (Phi) is 2.55. The van der Waals surface area contributed by atoms with E-state index in [0.29, 0.717) is 0 Å². The van der Waals surface area contributed by atoms with Gasteiger partial charge in [0.1, 0.15) is 5.76 Å². The first-order valence-corrected chi connectivity index (χ1v) is 3.61. The second-order valence-corrected chi connectivity index (χ2v) is 2.53. The first-order chi connectivity index (χ1) is 6.36. The van der Waals surface area contributed by atoms with Gasteiger partial charge in [0.05, 0.1) is 5.56 Å². The Labute approximate surface area is 77.9 Å². The van der Waals surface area contributed by atoms with Crippen molar-refractivity contribution in [3.8, 4) is 0 Å². The summed E-state index contributed by atoms with van der Waals surface area (Å²) in [5, 5.41) is 2.08. The van der Waals surface area contributed by atoms with Gasteiger partial charge >= 0.3 is 6.18 Å². The van der Waals surface area contributed by atoms with Crippen molar-refractivity contribution in [3.05, 3.63) is 30.1 Å². The Bertz CT molecular complexity index is 354. The van der Waals surface area contributed by atoms with Crippen LogP contribution in [0.15, 0.2) is 10.5 Å². The lowest BCUT2D eigenvalue weighted by atomic mass is 10.2. The number of hydrogen-bond acceptors (Lipinski definition) is 2. The summed E-state index contributed by atoms with van der Waals surface area (Å²) in [6.07, 6.45) is -4.68. The van der Waals surface area contributed by atoms with E-state index in [9.17, 15) is 18.0 Å². The van der Waals surface area contributed by atoms with E-state index < -0.39 is 23.4 Å². The summed E-state index contributed by atoms with van der Waals surface area (Å²) in [6.45, 7) is 3.19. The van der Waals surface area contributed by atoms with Crippen molar-refractivity contribution in [3.63, 3.8) is 0 Å². The molecule has 77 valence electrons. The van der Waals surface area contributed by atoms with Crippen LogP contribution in [0, 0.1) is 6.92 Å². The average Bonchev–Trinajstić information content (AvgIpc) is 2.45. The standard InChI is InChI=1S/C8H7F3NO2/c1-4-3-5(7(13)12-2)6(14-4)8(9,10)11/h3H,1H2,2H3,(H,12,13). The molecule has 0 saturated carbocycles. The fourth-order valence-corrected chi connectivity index (χ4v) is 0.956. The van der Waals surface area contributed by atoms with Gasteiger partial charge < -0.3 is 9.73 Å². The van der Waals surface area contributed by atoms with Crippen LogP contribution in [0.2, 0.25) is 0 Å². The molecule has 0 aliphatic carbocycles. The predicted molar refractivity (Wildman–Crippen MR) is 41.6 cm³/mol. The third-order valence-corrected chi connectivity index (χ3v) is 1.51. The van der Waals surface area contributed by atoms with Gasteiger partial charge in [-0.1, -0.05) is 0 Å². The molecule has 0 saturated heterocycles. The van der Waals surface area contributed by atoms with Gasteiger partial charge in [-0.15, -0.1) is 0 Å². The third kappa shape index (κ3) is 1.89. The molecule has 0 aliphatic rings. The molecule has 0 fully saturated rings. The highest BCUT2D eigenvalue weighted by Crippen LogP contribution is 2.33. The summed E-state index contributed by atoms with van der Waals surface area (Å²) in [7, 11) is 1.23. The highest BCUT2D eigenvalue weighted by Gasteiger charge is 2.39. The van der Waals surface area contributed by atoms with Crippen LogP contribution in [0.5, 0.6) is 0 Å². The Morgan fingerprint density at radius 1 is 1.57 bits per heavy atom. The number of amides is 1. The summed E-state index contributed by atoms with van der Waals surface area (Å²) in [4.78, 5) is 11.0. The fraction of sp³-hybridized carbons (Fsp3) is 0.250. The number of rotatable bonds is 1. The van der Waals surface area contributed by atoms with Crippen molar-refractivity contribution >= 4 is 5.91 Å². The van der Waals surface area contributed by atoms with E-state index in [-0.39, 0.29) is 5.76 Å². The average molecular weight is 206 g/mol. The van der Waals surface area contributed by atoms with E-state index in [0.717, 1.165) is 6.07 Å². The Balaban J connectivity index is 3.23. The number of halogens is 3. The fourth-order valence-electron chi connectivity index (χ4n) is 0.956. The molecular formula is C8H7F3NO2. The monoisotopic (exact) mass is 206 g/mol. The smallest absolute Gasteiger partial charge is 0.450 e. The van der Waals surface area contributed by atoms with Crippen molar-refractivity contribution in [2.45, 2.75) is 6.18 Å². The zero-order valence-corrected chi connectivity index (χ0v) is 7.23. The number of carbonyl (C=O) groups excluding carboxylic acids is 1. The van der Waals surface area contributed by atoms with Crippen LogP contribution in [0.3, 0.4) is 0 Å². The molecule has 1 radical (unpaired) electrons. The number of carbonyl (C=O) groups is 1. The van der Waals surface area contributed by atoms with Crippen LogP contribution in [0.25, 0.3) is 0 Å². The highest BCUT2D eigenvalue weighted by molar-refractivity contribution is 5.95.